The molecule has 1 aliphatic heterocycles. The molecule has 1 heterocycles. The molecule has 2 nitrogen and oxygen atoms in total. The topological polar surface area (TPSA) is 15.3 Å². The number of nitrogens with one attached hydrogen (secondary N) is 1. The first-order chi connectivity index (χ1) is 8.86. The second-order valence-corrected chi connectivity index (χ2v) is 6.25. The van der Waals surface area contributed by atoms with Gasteiger partial charge >= 0.3 is 0 Å². The lowest BCUT2D eigenvalue weighted by molar-refractivity contribution is 0.419. The van der Waals surface area contributed by atoms with Crippen LogP contribution in [-0.2, 0) is 0 Å². The van der Waals surface area contributed by atoms with Gasteiger partial charge < -0.3 is 10.2 Å². The Labute approximate surface area is 114 Å². The van der Waals surface area contributed by atoms with E-state index in [1.807, 2.05) is 11.8 Å². The molecule has 3 heteroatoms. The largest absolute Gasteiger partial charge is 0.369 e. The van der Waals surface area contributed by atoms with Crippen LogP contribution >= 0.6 is 11.8 Å². The lowest BCUT2D eigenvalue weighted by Crippen LogP contribution is -2.46. The van der Waals surface area contributed by atoms with Crippen LogP contribution in [-0.4, -0.2) is 31.4 Å². The van der Waals surface area contributed by atoms with E-state index in [4.69, 9.17) is 0 Å². The van der Waals surface area contributed by atoms with E-state index in [1.54, 1.807) is 0 Å². The predicted octanol–water partition coefficient (Wildman–Crippen LogP) is 3.13. The van der Waals surface area contributed by atoms with Gasteiger partial charge in [0.25, 0.3) is 0 Å². The minimum absolute atomic E-state index is 0.696. The summed E-state index contributed by atoms with van der Waals surface area (Å²) in [4.78, 5) is 3.97. The summed E-state index contributed by atoms with van der Waals surface area (Å²) in [6.07, 6.45) is 7.60. The smallest absolute Gasteiger partial charge is 0.0504 e. The standard InChI is InChI=1S/C15H22N2S/c1-18-15-7-3-2-6-14(15)17-10-4-5-13(11-17)16-12-8-9-12/h2-3,6-7,12-13,16H,4-5,8-11H2,1H3. The van der Waals surface area contributed by atoms with Crippen LogP contribution in [0.2, 0.25) is 0 Å². The number of anilines is 1. The molecule has 0 aromatic heterocycles. The summed E-state index contributed by atoms with van der Waals surface area (Å²) in [5, 5.41) is 3.78. The van der Waals surface area contributed by atoms with E-state index in [0.29, 0.717) is 6.04 Å². The van der Waals surface area contributed by atoms with Gasteiger partial charge in [0.05, 0.1) is 5.69 Å². The van der Waals surface area contributed by atoms with Crippen molar-refractivity contribution in [1.29, 1.82) is 0 Å². The molecule has 0 spiro atoms. The second kappa shape index (κ2) is 5.54. The summed E-state index contributed by atoms with van der Waals surface area (Å²) in [7, 11) is 0. The van der Waals surface area contributed by atoms with Crippen LogP contribution in [0.25, 0.3) is 0 Å². The van der Waals surface area contributed by atoms with Crippen LogP contribution in [0.15, 0.2) is 29.2 Å². The monoisotopic (exact) mass is 262 g/mol. The number of benzene rings is 1. The Hall–Kier alpha value is -0.670. The second-order valence-electron chi connectivity index (χ2n) is 5.40. The molecule has 1 aliphatic carbocycles. The normalized spacial score (nSPS) is 24.3. The van der Waals surface area contributed by atoms with Crippen molar-refractivity contribution in [3.63, 3.8) is 0 Å². The molecule has 1 saturated carbocycles. The molecule has 1 atom stereocenters. The number of para-hydroxylation sites is 1. The number of hydrogen-bond acceptors (Lipinski definition) is 3. The fourth-order valence-electron chi connectivity index (χ4n) is 2.81. The lowest BCUT2D eigenvalue weighted by Gasteiger charge is -2.36. The van der Waals surface area contributed by atoms with E-state index in [1.165, 1.54) is 49.4 Å². The van der Waals surface area contributed by atoms with Crippen molar-refractivity contribution in [2.75, 3.05) is 24.2 Å². The first-order valence-electron chi connectivity index (χ1n) is 7.01. The molecule has 98 valence electrons. The third-order valence-corrected chi connectivity index (χ3v) is 4.68. The summed E-state index contributed by atoms with van der Waals surface area (Å²) >= 11 is 1.85. The Morgan fingerprint density at radius 3 is 2.78 bits per heavy atom. The highest BCUT2D eigenvalue weighted by molar-refractivity contribution is 7.98. The van der Waals surface area contributed by atoms with Gasteiger partial charge in [-0.1, -0.05) is 12.1 Å². The zero-order chi connectivity index (χ0) is 12.4. The maximum Gasteiger partial charge on any atom is 0.0504 e. The Balaban J connectivity index is 1.70. The molecule has 18 heavy (non-hydrogen) atoms. The van der Waals surface area contributed by atoms with Crippen LogP contribution in [0.5, 0.6) is 0 Å². The fraction of sp³-hybridized carbons (Fsp3) is 0.600. The number of nitrogens with zero attached hydrogens (tertiary/aromatic N) is 1. The molecular formula is C15H22N2S. The summed E-state index contributed by atoms with van der Waals surface area (Å²) in [5.74, 6) is 0. The van der Waals surface area contributed by atoms with Gasteiger partial charge in [-0.15, -0.1) is 11.8 Å². The Kier molecular flexibility index (Phi) is 3.80. The van der Waals surface area contributed by atoms with Gasteiger partial charge in [-0.25, -0.2) is 0 Å². The predicted molar refractivity (Wildman–Crippen MR) is 79.6 cm³/mol. The molecular weight excluding hydrogens is 240 g/mol. The van der Waals surface area contributed by atoms with Gasteiger partial charge in [0, 0.05) is 30.1 Å². The summed E-state index contributed by atoms with van der Waals surface area (Å²) in [5.41, 5.74) is 1.42. The maximum atomic E-state index is 3.78. The zero-order valence-corrected chi connectivity index (χ0v) is 11.9. The van der Waals surface area contributed by atoms with Crippen molar-refractivity contribution in [3.05, 3.63) is 24.3 Å². The first-order valence-corrected chi connectivity index (χ1v) is 8.23. The molecule has 0 amide bonds. The minimum Gasteiger partial charge on any atom is -0.369 e. The number of thioether (sulfide) groups is 1. The maximum absolute atomic E-state index is 3.78. The summed E-state index contributed by atoms with van der Waals surface area (Å²) in [6.45, 7) is 2.38. The Morgan fingerprint density at radius 2 is 2.00 bits per heavy atom. The van der Waals surface area contributed by atoms with E-state index >= 15 is 0 Å². The van der Waals surface area contributed by atoms with Crippen molar-refractivity contribution in [1.82, 2.24) is 5.32 Å². The van der Waals surface area contributed by atoms with Crippen LogP contribution in [0.3, 0.4) is 0 Å². The number of piperidine rings is 1. The van der Waals surface area contributed by atoms with E-state index in [2.05, 4.69) is 40.7 Å². The number of hydrogen-bond donors (Lipinski definition) is 1. The van der Waals surface area contributed by atoms with E-state index in [0.717, 1.165) is 6.04 Å². The summed E-state index contributed by atoms with van der Waals surface area (Å²) in [6, 6.07) is 10.3. The minimum atomic E-state index is 0.696. The molecule has 0 radical (unpaired) electrons. The van der Waals surface area contributed by atoms with Crippen LogP contribution in [0, 0.1) is 0 Å². The van der Waals surface area contributed by atoms with Gasteiger partial charge in [-0.05, 0) is 44.1 Å². The van der Waals surface area contributed by atoms with Crippen molar-refractivity contribution >= 4 is 17.4 Å². The highest BCUT2D eigenvalue weighted by atomic mass is 32.2. The van der Waals surface area contributed by atoms with Crippen LogP contribution in [0.4, 0.5) is 5.69 Å². The lowest BCUT2D eigenvalue weighted by atomic mass is 10.0. The van der Waals surface area contributed by atoms with E-state index in [-0.39, 0.29) is 0 Å². The molecule has 2 fully saturated rings. The third kappa shape index (κ3) is 2.83. The van der Waals surface area contributed by atoms with Gasteiger partial charge in [-0.2, -0.15) is 0 Å². The van der Waals surface area contributed by atoms with Crippen LogP contribution < -0.4 is 10.2 Å². The molecule has 1 N–H and O–H groups in total. The van der Waals surface area contributed by atoms with Crippen molar-refractivity contribution in [3.8, 4) is 0 Å². The summed E-state index contributed by atoms with van der Waals surface area (Å²) < 4.78 is 0. The zero-order valence-electron chi connectivity index (χ0n) is 11.1. The Morgan fingerprint density at radius 1 is 1.17 bits per heavy atom. The SMILES string of the molecule is CSc1ccccc1N1CCCC(NC2CC2)C1. The molecule has 1 aromatic rings. The average Bonchev–Trinajstić information content (AvgIpc) is 3.23. The van der Waals surface area contributed by atoms with E-state index < -0.39 is 0 Å². The van der Waals surface area contributed by atoms with Gasteiger partial charge in [0.1, 0.15) is 0 Å². The number of rotatable bonds is 4. The van der Waals surface area contributed by atoms with Crippen molar-refractivity contribution < 1.29 is 0 Å². The average molecular weight is 262 g/mol. The fourth-order valence-corrected chi connectivity index (χ4v) is 3.43. The third-order valence-electron chi connectivity index (χ3n) is 3.90. The first kappa shape index (κ1) is 12.4. The highest BCUT2D eigenvalue weighted by Crippen LogP contribution is 2.31. The molecule has 2 aliphatic rings. The molecule has 0 bridgehead atoms. The van der Waals surface area contributed by atoms with Gasteiger partial charge in [0.15, 0.2) is 0 Å². The molecule has 3 rings (SSSR count). The molecule has 1 saturated heterocycles. The quantitative estimate of drug-likeness (QED) is 0.839. The highest BCUT2D eigenvalue weighted by Gasteiger charge is 2.28. The van der Waals surface area contributed by atoms with Gasteiger partial charge in [-0.3, -0.25) is 0 Å². The Bertz CT molecular complexity index is 403. The van der Waals surface area contributed by atoms with E-state index in [9.17, 15) is 0 Å². The van der Waals surface area contributed by atoms with Crippen LogP contribution in [0.1, 0.15) is 25.7 Å². The van der Waals surface area contributed by atoms with Crippen molar-refractivity contribution in [2.45, 2.75) is 42.7 Å². The van der Waals surface area contributed by atoms with Gasteiger partial charge in [0.2, 0.25) is 0 Å². The molecule has 1 unspecified atom stereocenters. The van der Waals surface area contributed by atoms with Crippen molar-refractivity contribution in [2.24, 2.45) is 0 Å². The molecule has 1 aromatic carbocycles.